The molecule has 0 radical (unpaired) electrons. The van der Waals surface area contributed by atoms with Crippen LogP contribution in [0.3, 0.4) is 0 Å². The molecule has 2 aliphatic rings. The first-order valence-corrected chi connectivity index (χ1v) is 17.1. The third kappa shape index (κ3) is 4.28. The van der Waals surface area contributed by atoms with Crippen LogP contribution in [-0.2, 0) is 8.85 Å². The molecule has 2 rings (SSSR count). The Morgan fingerprint density at radius 2 is 1.35 bits per heavy atom. The quantitative estimate of drug-likeness (QED) is 0.381. The maximum atomic E-state index is 11.4. The summed E-state index contributed by atoms with van der Waals surface area (Å²) in [6.45, 7) is 30.7. The minimum Gasteiger partial charge on any atom is -0.413 e. The van der Waals surface area contributed by atoms with Crippen LogP contribution in [0.15, 0.2) is 0 Å². The van der Waals surface area contributed by atoms with E-state index in [1.807, 2.05) is 0 Å². The number of hydrogen-bond acceptors (Lipinski definition) is 3. The van der Waals surface area contributed by atoms with Gasteiger partial charge in [-0.3, -0.25) is 0 Å². The molecule has 2 fully saturated rings. The highest BCUT2D eigenvalue weighted by molar-refractivity contribution is 6.81. The third-order valence-electron chi connectivity index (χ3n) is 9.10. The van der Waals surface area contributed by atoms with Crippen LogP contribution >= 0.6 is 0 Å². The monoisotopic (exact) mass is 470 g/mol. The second-order valence-corrected chi connectivity index (χ2v) is 24.4. The van der Waals surface area contributed by atoms with E-state index in [1.54, 1.807) is 0 Å². The van der Waals surface area contributed by atoms with Crippen LogP contribution in [0.25, 0.3) is 0 Å². The van der Waals surface area contributed by atoms with E-state index < -0.39 is 22.9 Å². The van der Waals surface area contributed by atoms with E-state index in [2.05, 4.69) is 90.0 Å². The molecular formula is C26H54O3Si2. The van der Waals surface area contributed by atoms with Gasteiger partial charge in [0, 0.05) is 12.0 Å². The van der Waals surface area contributed by atoms with E-state index in [1.165, 1.54) is 12.8 Å². The van der Waals surface area contributed by atoms with Crippen LogP contribution in [0.1, 0.15) is 109 Å². The van der Waals surface area contributed by atoms with E-state index in [0.717, 1.165) is 6.42 Å². The Kier molecular flexibility index (Phi) is 8.15. The number of aliphatic hydroxyl groups excluding tert-OH is 1. The van der Waals surface area contributed by atoms with Gasteiger partial charge in [-0.15, -0.1) is 0 Å². The molecule has 1 saturated heterocycles. The van der Waals surface area contributed by atoms with Gasteiger partial charge in [-0.1, -0.05) is 90.0 Å². The Hall–Kier alpha value is 0.314. The van der Waals surface area contributed by atoms with Gasteiger partial charge in [-0.2, -0.15) is 0 Å². The Morgan fingerprint density at radius 3 is 1.71 bits per heavy atom. The molecule has 1 aliphatic heterocycles. The van der Waals surface area contributed by atoms with Gasteiger partial charge >= 0.3 is 0 Å². The van der Waals surface area contributed by atoms with Crippen molar-refractivity contribution < 1.29 is 14.0 Å². The Morgan fingerprint density at radius 1 is 0.903 bits per heavy atom. The zero-order valence-electron chi connectivity index (χ0n) is 23.0. The molecule has 0 aromatic heterocycles. The van der Waals surface area contributed by atoms with Crippen molar-refractivity contribution in [3.8, 4) is 0 Å². The van der Waals surface area contributed by atoms with Gasteiger partial charge in [0.05, 0.1) is 0 Å². The van der Waals surface area contributed by atoms with Crippen molar-refractivity contribution in [1.82, 2.24) is 0 Å². The molecule has 0 aromatic carbocycles. The van der Waals surface area contributed by atoms with Crippen LogP contribution in [0.4, 0.5) is 0 Å². The van der Waals surface area contributed by atoms with Crippen molar-refractivity contribution in [2.75, 3.05) is 0 Å². The highest BCUT2D eigenvalue weighted by atomic mass is 28.4. The molecule has 31 heavy (non-hydrogen) atoms. The van der Waals surface area contributed by atoms with Crippen LogP contribution in [0.2, 0.25) is 32.2 Å². The van der Waals surface area contributed by atoms with E-state index in [-0.39, 0.29) is 22.1 Å². The van der Waals surface area contributed by atoms with Crippen LogP contribution in [-0.4, -0.2) is 34.1 Å². The summed E-state index contributed by atoms with van der Waals surface area (Å²) in [5.41, 5.74) is 2.27. The van der Waals surface area contributed by atoms with E-state index >= 15 is 0 Å². The maximum absolute atomic E-state index is 11.4. The second-order valence-electron chi connectivity index (χ2n) is 13.6. The molecule has 184 valence electrons. The van der Waals surface area contributed by atoms with E-state index in [0.29, 0.717) is 28.1 Å². The summed E-state index contributed by atoms with van der Waals surface area (Å²) in [6.07, 6.45) is 2.99. The number of fused-ring (bicyclic) bond motifs is 1. The number of aliphatic hydroxyl groups is 1. The molecule has 5 heteroatoms. The molecular weight excluding hydrogens is 416 g/mol. The lowest BCUT2D eigenvalue weighted by Gasteiger charge is -2.51. The predicted octanol–water partition coefficient (Wildman–Crippen LogP) is 8.25. The Balaban J connectivity index is 2.45. The summed E-state index contributed by atoms with van der Waals surface area (Å²) < 4.78 is 14.1. The summed E-state index contributed by atoms with van der Waals surface area (Å²) in [5.74, 6) is 0.639. The Labute approximate surface area is 196 Å². The predicted molar refractivity (Wildman–Crippen MR) is 138 cm³/mol. The molecule has 0 bridgehead atoms. The highest BCUT2D eigenvalue weighted by Crippen LogP contribution is 2.69. The van der Waals surface area contributed by atoms with Gasteiger partial charge in [0.2, 0.25) is 16.6 Å². The SMILES string of the molecule is CC[C@@H](O[Si](C(C)C)(C(C)C)C(C)C)[C@@H]1CC[C@@H]2[C@H]1C(O)O[Si]2(C(C)(C)C)C(C)(C)C. The molecule has 1 saturated carbocycles. The lowest BCUT2D eigenvalue weighted by Crippen LogP contribution is -2.55. The highest BCUT2D eigenvalue weighted by Gasteiger charge is 2.70. The van der Waals surface area contributed by atoms with Crippen molar-refractivity contribution >= 4 is 16.6 Å². The average Bonchev–Trinajstić information content (AvgIpc) is 3.14. The van der Waals surface area contributed by atoms with Gasteiger partial charge in [0.25, 0.3) is 0 Å². The van der Waals surface area contributed by atoms with Gasteiger partial charge in [-0.05, 0) is 57.4 Å². The normalized spacial score (nSPS) is 30.5. The molecule has 1 aliphatic carbocycles. The van der Waals surface area contributed by atoms with Crippen LogP contribution in [0, 0.1) is 11.8 Å². The molecule has 0 amide bonds. The fourth-order valence-corrected chi connectivity index (χ4v) is 21.6. The molecule has 1 heterocycles. The maximum Gasteiger partial charge on any atom is 0.210 e. The molecule has 3 nitrogen and oxygen atoms in total. The molecule has 0 spiro atoms. The summed E-state index contributed by atoms with van der Waals surface area (Å²) >= 11 is 0. The topological polar surface area (TPSA) is 38.7 Å². The van der Waals surface area contributed by atoms with Gasteiger partial charge in [-0.25, -0.2) is 0 Å². The zero-order valence-corrected chi connectivity index (χ0v) is 25.0. The minimum atomic E-state index is -2.25. The summed E-state index contributed by atoms with van der Waals surface area (Å²) in [7, 11) is -4.21. The first-order valence-electron chi connectivity index (χ1n) is 13.0. The van der Waals surface area contributed by atoms with Gasteiger partial charge in [0.1, 0.15) is 6.29 Å². The fourth-order valence-electron chi connectivity index (χ4n) is 8.46. The summed E-state index contributed by atoms with van der Waals surface area (Å²) in [4.78, 5) is 0. The van der Waals surface area contributed by atoms with Crippen molar-refractivity contribution in [3.63, 3.8) is 0 Å². The molecule has 1 N–H and O–H groups in total. The smallest absolute Gasteiger partial charge is 0.210 e. The first kappa shape index (κ1) is 27.6. The molecule has 0 aromatic rings. The second kappa shape index (κ2) is 9.16. The lowest BCUT2D eigenvalue weighted by molar-refractivity contribution is -0.0731. The van der Waals surface area contributed by atoms with Crippen molar-refractivity contribution in [1.29, 1.82) is 0 Å². The van der Waals surface area contributed by atoms with Gasteiger partial charge in [0.15, 0.2) is 0 Å². The number of hydrogen-bond donors (Lipinski definition) is 1. The number of rotatable bonds is 7. The van der Waals surface area contributed by atoms with Crippen molar-refractivity contribution in [2.45, 2.75) is 154 Å². The fraction of sp³-hybridized carbons (Fsp3) is 1.00. The Bertz CT molecular complexity index is 567. The van der Waals surface area contributed by atoms with Crippen molar-refractivity contribution in [3.05, 3.63) is 0 Å². The van der Waals surface area contributed by atoms with Crippen LogP contribution in [0.5, 0.6) is 0 Å². The lowest BCUT2D eigenvalue weighted by atomic mass is 9.89. The van der Waals surface area contributed by atoms with Gasteiger partial charge < -0.3 is 14.0 Å². The molecule has 1 unspecified atom stereocenters. The minimum absolute atomic E-state index is 0.0927. The largest absolute Gasteiger partial charge is 0.413 e. The first-order chi connectivity index (χ1) is 14.0. The average molecular weight is 471 g/mol. The summed E-state index contributed by atoms with van der Waals surface area (Å²) in [5, 5.41) is 11.6. The van der Waals surface area contributed by atoms with E-state index in [4.69, 9.17) is 8.85 Å². The van der Waals surface area contributed by atoms with Crippen LogP contribution < -0.4 is 0 Å². The molecule has 5 atom stereocenters. The standard InChI is InChI=1S/C26H54O3Si2/c1-14-21(28-30(17(2)3,18(4)5)19(6)7)20-15-16-22-23(20)24(27)29-31(22,25(8,9)10)26(11,12)13/h17-24,27H,14-16H2,1-13H3/t20-,21+,22+,23-,24?/m0/s1. The zero-order chi connectivity index (χ0) is 24.2. The third-order valence-corrected chi connectivity index (χ3v) is 22.0. The summed E-state index contributed by atoms with van der Waals surface area (Å²) in [6, 6.07) is 0. The van der Waals surface area contributed by atoms with E-state index in [9.17, 15) is 5.11 Å². The van der Waals surface area contributed by atoms with Crippen molar-refractivity contribution in [2.24, 2.45) is 11.8 Å².